The summed E-state index contributed by atoms with van der Waals surface area (Å²) in [5.41, 5.74) is 0. The molecule has 21 heavy (non-hydrogen) atoms. The summed E-state index contributed by atoms with van der Waals surface area (Å²) in [7, 11) is 0. The lowest BCUT2D eigenvalue weighted by atomic mass is 10.0. The van der Waals surface area contributed by atoms with Crippen molar-refractivity contribution in [2.24, 2.45) is 0 Å². The van der Waals surface area contributed by atoms with Crippen molar-refractivity contribution in [1.29, 1.82) is 0 Å². The number of hydrogen-bond donors (Lipinski definition) is 5. The molecule has 0 aromatic heterocycles. The first-order chi connectivity index (χ1) is 9.59. The average Bonchev–Trinajstić information content (AvgIpc) is 2.33. The Morgan fingerprint density at radius 2 is 0.667 bits per heavy atom. The summed E-state index contributed by atoms with van der Waals surface area (Å²) in [6, 6.07) is 0. The molecule has 6 heteroatoms. The molecule has 0 spiro atoms. The Balaban J connectivity index is 2.56. The van der Waals surface area contributed by atoms with Crippen LogP contribution in [0.4, 0.5) is 0 Å². The zero-order chi connectivity index (χ0) is 15.9. The van der Waals surface area contributed by atoms with E-state index < -0.39 is 3.45 Å². The lowest BCUT2D eigenvalue weighted by molar-refractivity contribution is 0.548. The van der Waals surface area contributed by atoms with E-state index in [1.807, 2.05) is 0 Å². The van der Waals surface area contributed by atoms with E-state index in [4.69, 9.17) is 58.3 Å². The van der Waals surface area contributed by atoms with Gasteiger partial charge in [-0.25, -0.2) is 0 Å². The van der Waals surface area contributed by atoms with Crippen LogP contribution in [0, 0.1) is 0 Å². The molecule has 1 rings (SSSR count). The first-order valence-electron chi connectivity index (χ1n) is 8.47. The SMILES string of the molecule is SS(S)(S)(S)(S)C1CCCCCCCCCCCCCC1. The highest BCUT2D eigenvalue weighted by Gasteiger charge is 2.49. The van der Waals surface area contributed by atoms with Gasteiger partial charge in [0.05, 0.1) is 0 Å². The first kappa shape index (κ1) is 21.1. The summed E-state index contributed by atoms with van der Waals surface area (Å²) >= 11 is 23.7. The van der Waals surface area contributed by atoms with Crippen molar-refractivity contribution < 1.29 is 0 Å². The minimum atomic E-state index is -3.35. The molecule has 1 saturated carbocycles. The average molecular weight is 407 g/mol. The third-order valence-corrected chi connectivity index (χ3v) is 11.0. The molecular weight excluding hydrogens is 373 g/mol. The van der Waals surface area contributed by atoms with Gasteiger partial charge in [-0.1, -0.05) is 77.0 Å². The quantitative estimate of drug-likeness (QED) is 0.212. The molecule has 0 amide bonds. The van der Waals surface area contributed by atoms with Gasteiger partial charge in [-0.3, -0.25) is 0 Å². The predicted molar refractivity (Wildman–Crippen MR) is 121 cm³/mol. The second-order valence-corrected chi connectivity index (χ2v) is 32.9. The van der Waals surface area contributed by atoms with Crippen LogP contribution in [0.3, 0.4) is 0 Å². The molecule has 0 atom stereocenters. The smallest absolute Gasteiger partial charge is 0.0140 e. The summed E-state index contributed by atoms with van der Waals surface area (Å²) in [6.07, 6.45) is 18.4. The third-order valence-electron chi connectivity index (χ3n) is 4.55. The topological polar surface area (TPSA) is 0 Å². The summed E-state index contributed by atoms with van der Waals surface area (Å²) in [5.74, 6) is 0. The predicted octanol–water partition coefficient (Wildman–Crippen LogP) is 7.93. The molecule has 0 saturated heterocycles. The van der Waals surface area contributed by atoms with Gasteiger partial charge in [-0.15, -0.1) is 61.8 Å². The van der Waals surface area contributed by atoms with E-state index in [9.17, 15) is 0 Å². The highest BCUT2D eigenvalue weighted by molar-refractivity contribution is 9.90. The lowest BCUT2D eigenvalue weighted by Crippen LogP contribution is -2.21. The second-order valence-electron chi connectivity index (χ2n) is 6.79. The third kappa shape index (κ3) is 10.5. The van der Waals surface area contributed by atoms with Gasteiger partial charge >= 0.3 is 0 Å². The maximum absolute atomic E-state index is 4.73. The Morgan fingerprint density at radius 3 is 0.905 bits per heavy atom. The van der Waals surface area contributed by atoms with E-state index in [0.717, 1.165) is 12.8 Å². The lowest BCUT2D eigenvalue weighted by Gasteiger charge is -2.65. The fourth-order valence-corrected chi connectivity index (χ4v) is 7.73. The fourth-order valence-electron chi connectivity index (χ4n) is 3.18. The maximum Gasteiger partial charge on any atom is 0.0140 e. The van der Waals surface area contributed by atoms with Gasteiger partial charge in [0.1, 0.15) is 0 Å². The minimum absolute atomic E-state index is 0.289. The molecule has 1 fully saturated rings. The Kier molecular flexibility index (Phi) is 8.52. The first-order valence-corrected chi connectivity index (χ1v) is 16.2. The van der Waals surface area contributed by atoms with Crippen LogP contribution in [-0.4, -0.2) is 5.25 Å². The van der Waals surface area contributed by atoms with Crippen molar-refractivity contribution in [3.05, 3.63) is 0 Å². The number of thiol groups is 5. The van der Waals surface area contributed by atoms with Crippen molar-refractivity contribution >= 4 is 61.8 Å². The van der Waals surface area contributed by atoms with Crippen LogP contribution in [0.15, 0.2) is 0 Å². The van der Waals surface area contributed by atoms with E-state index in [0.29, 0.717) is 0 Å². The molecular formula is C15H34S6. The van der Waals surface area contributed by atoms with Crippen LogP contribution in [0.25, 0.3) is 0 Å². The van der Waals surface area contributed by atoms with Crippen LogP contribution in [-0.2, 0) is 0 Å². The van der Waals surface area contributed by atoms with Crippen molar-refractivity contribution in [3.63, 3.8) is 0 Å². The molecule has 130 valence electrons. The minimum Gasteiger partial charge on any atom is -0.112 e. The summed E-state index contributed by atoms with van der Waals surface area (Å²) in [6.45, 7) is 0. The van der Waals surface area contributed by atoms with Crippen LogP contribution in [0.2, 0.25) is 0 Å². The van der Waals surface area contributed by atoms with Gasteiger partial charge < -0.3 is 0 Å². The zero-order valence-electron chi connectivity index (χ0n) is 13.1. The summed E-state index contributed by atoms with van der Waals surface area (Å²) in [5, 5.41) is 0.289. The highest BCUT2D eigenvalue weighted by atomic mass is 34.3. The van der Waals surface area contributed by atoms with Crippen LogP contribution in [0.5, 0.6) is 0 Å². The van der Waals surface area contributed by atoms with E-state index in [1.54, 1.807) is 0 Å². The van der Waals surface area contributed by atoms with Gasteiger partial charge in [-0.2, -0.15) is 0 Å². The molecule has 1 aliphatic rings. The molecule has 0 N–H and O–H groups in total. The highest BCUT2D eigenvalue weighted by Crippen LogP contribution is 3.10. The molecule has 0 bridgehead atoms. The second kappa shape index (κ2) is 8.46. The standard InChI is InChI=1S/C15H34S6/c16-21(17,18,19,20)15-13-11-9-7-5-3-1-2-4-6-8-10-12-14-15/h15-20H,1-14H2. The van der Waals surface area contributed by atoms with Gasteiger partial charge in [-0.05, 0) is 12.8 Å². The Hall–Kier alpha value is 2.10. The normalized spacial score (nSPS) is 26.1. The van der Waals surface area contributed by atoms with E-state index in [2.05, 4.69) is 0 Å². The summed E-state index contributed by atoms with van der Waals surface area (Å²) < 4.78 is -3.35. The molecule has 0 heterocycles. The van der Waals surface area contributed by atoms with Crippen molar-refractivity contribution in [1.82, 2.24) is 0 Å². The van der Waals surface area contributed by atoms with E-state index in [1.165, 1.54) is 77.0 Å². The number of hydrogen-bond acceptors (Lipinski definition) is 5. The molecule has 0 aromatic rings. The van der Waals surface area contributed by atoms with Crippen molar-refractivity contribution in [2.75, 3.05) is 0 Å². The van der Waals surface area contributed by atoms with Gasteiger partial charge in [0.25, 0.3) is 0 Å². The molecule has 0 aliphatic heterocycles. The van der Waals surface area contributed by atoms with Gasteiger partial charge in [0, 0.05) is 5.25 Å². The van der Waals surface area contributed by atoms with Crippen LogP contribution < -0.4 is 0 Å². The molecule has 0 aromatic carbocycles. The van der Waals surface area contributed by atoms with Gasteiger partial charge in [0.2, 0.25) is 0 Å². The van der Waals surface area contributed by atoms with Gasteiger partial charge in [0.15, 0.2) is 0 Å². The molecule has 0 radical (unpaired) electrons. The van der Waals surface area contributed by atoms with Crippen molar-refractivity contribution in [2.45, 2.75) is 95.1 Å². The molecule has 1 aliphatic carbocycles. The van der Waals surface area contributed by atoms with E-state index in [-0.39, 0.29) is 5.25 Å². The monoisotopic (exact) mass is 406 g/mol. The summed E-state index contributed by atoms with van der Waals surface area (Å²) in [4.78, 5) is 0. The molecule has 0 nitrogen and oxygen atoms in total. The largest absolute Gasteiger partial charge is 0.112 e. The molecule has 0 unspecified atom stereocenters. The Morgan fingerprint density at radius 1 is 0.429 bits per heavy atom. The Bertz CT molecular complexity index is 277. The van der Waals surface area contributed by atoms with Crippen LogP contribution >= 0.6 is 61.8 Å². The van der Waals surface area contributed by atoms with Crippen LogP contribution in [0.1, 0.15) is 89.9 Å². The Labute approximate surface area is 156 Å². The fraction of sp³-hybridized carbons (Fsp3) is 1.00. The number of rotatable bonds is 1. The van der Waals surface area contributed by atoms with E-state index >= 15 is 0 Å². The zero-order valence-corrected chi connectivity index (χ0v) is 18.4. The maximum atomic E-state index is 4.73. The van der Waals surface area contributed by atoms with Crippen molar-refractivity contribution in [3.8, 4) is 0 Å².